The lowest BCUT2D eigenvalue weighted by molar-refractivity contribution is 0.652. The van der Waals surface area contributed by atoms with E-state index in [1.54, 1.807) is 0 Å². The highest BCUT2D eigenvalue weighted by atomic mass is 15.3. The van der Waals surface area contributed by atoms with E-state index in [1.165, 1.54) is 5.56 Å². The van der Waals surface area contributed by atoms with Crippen molar-refractivity contribution in [2.24, 2.45) is 0 Å². The molecule has 0 aliphatic rings. The van der Waals surface area contributed by atoms with Crippen LogP contribution in [0.1, 0.15) is 46.1 Å². The van der Waals surface area contributed by atoms with Crippen LogP contribution < -0.4 is 4.90 Å². The Morgan fingerprint density at radius 2 is 1.87 bits per heavy atom. The number of rotatable bonds is 5. The fourth-order valence-electron chi connectivity index (χ4n) is 1.76. The Morgan fingerprint density at radius 3 is 2.27 bits per heavy atom. The molecule has 0 N–H and O–H groups in total. The third kappa shape index (κ3) is 2.52. The van der Waals surface area contributed by atoms with E-state index in [4.69, 9.17) is 0 Å². The van der Waals surface area contributed by atoms with E-state index in [2.05, 4.69) is 50.8 Å². The Morgan fingerprint density at radius 1 is 1.27 bits per heavy atom. The fraction of sp³-hybridized carbons (Fsp3) is 0.750. The Hall–Kier alpha value is -0.990. The second-order valence-corrected chi connectivity index (χ2v) is 4.09. The third-order valence-electron chi connectivity index (χ3n) is 2.78. The number of nitrogens with zero attached hydrogens (tertiary/aromatic N) is 3. The number of hydrogen-bond acceptors (Lipinski definition) is 2. The zero-order chi connectivity index (χ0) is 11.4. The summed E-state index contributed by atoms with van der Waals surface area (Å²) in [5, 5.41) is 4.63. The fourth-order valence-corrected chi connectivity index (χ4v) is 1.76. The average Bonchev–Trinajstić information content (AvgIpc) is 2.64. The van der Waals surface area contributed by atoms with Gasteiger partial charge in [0, 0.05) is 31.4 Å². The predicted octanol–water partition coefficient (Wildman–Crippen LogP) is 2.87. The molecule has 15 heavy (non-hydrogen) atoms. The largest absolute Gasteiger partial charge is 0.355 e. The number of aromatic nitrogens is 2. The maximum Gasteiger partial charge on any atom is 0.154 e. The van der Waals surface area contributed by atoms with Gasteiger partial charge in [0.05, 0.1) is 0 Å². The van der Waals surface area contributed by atoms with Gasteiger partial charge in [-0.05, 0) is 26.7 Å². The molecular weight excluding hydrogens is 186 g/mol. The molecule has 0 unspecified atom stereocenters. The van der Waals surface area contributed by atoms with Crippen LogP contribution in [-0.4, -0.2) is 22.9 Å². The van der Waals surface area contributed by atoms with Crippen LogP contribution in [0.4, 0.5) is 5.82 Å². The van der Waals surface area contributed by atoms with Crippen molar-refractivity contribution in [2.45, 2.75) is 47.1 Å². The summed E-state index contributed by atoms with van der Waals surface area (Å²) in [6, 6.07) is 0. The lowest BCUT2D eigenvalue weighted by atomic mass is 10.1. The molecule has 0 aliphatic heterocycles. The summed E-state index contributed by atoms with van der Waals surface area (Å²) in [6.07, 6.45) is 2.18. The summed E-state index contributed by atoms with van der Waals surface area (Å²) >= 11 is 0. The van der Waals surface area contributed by atoms with Crippen LogP contribution in [0.15, 0.2) is 6.20 Å². The van der Waals surface area contributed by atoms with E-state index in [1.807, 2.05) is 4.68 Å². The second-order valence-electron chi connectivity index (χ2n) is 4.09. The average molecular weight is 209 g/mol. The van der Waals surface area contributed by atoms with E-state index in [9.17, 15) is 0 Å². The molecule has 0 fully saturated rings. The Bertz CT molecular complexity index is 298. The van der Waals surface area contributed by atoms with Gasteiger partial charge in [-0.25, -0.2) is 0 Å². The Balaban J connectivity index is 3.07. The first-order chi connectivity index (χ1) is 7.13. The molecule has 1 rings (SSSR count). The minimum Gasteiger partial charge on any atom is -0.355 e. The quantitative estimate of drug-likeness (QED) is 0.743. The molecule has 0 amide bonds. The van der Waals surface area contributed by atoms with Gasteiger partial charge >= 0.3 is 0 Å². The monoisotopic (exact) mass is 209 g/mol. The van der Waals surface area contributed by atoms with Crippen LogP contribution in [0.3, 0.4) is 0 Å². The van der Waals surface area contributed by atoms with E-state index >= 15 is 0 Å². The lowest BCUT2D eigenvalue weighted by Gasteiger charge is -2.20. The van der Waals surface area contributed by atoms with Crippen LogP contribution in [0.2, 0.25) is 0 Å². The van der Waals surface area contributed by atoms with Crippen molar-refractivity contribution in [3.63, 3.8) is 0 Å². The number of anilines is 1. The molecule has 3 nitrogen and oxygen atoms in total. The summed E-state index contributed by atoms with van der Waals surface area (Å²) < 4.78 is 2.03. The van der Waals surface area contributed by atoms with Gasteiger partial charge in [0.25, 0.3) is 0 Å². The van der Waals surface area contributed by atoms with Gasteiger partial charge in [-0.15, -0.1) is 0 Å². The molecule has 0 saturated carbocycles. The third-order valence-corrected chi connectivity index (χ3v) is 2.78. The highest BCUT2D eigenvalue weighted by Crippen LogP contribution is 2.25. The van der Waals surface area contributed by atoms with Gasteiger partial charge in [-0.1, -0.05) is 13.8 Å². The summed E-state index contributed by atoms with van der Waals surface area (Å²) in [5.74, 6) is 1.71. The number of aryl methyl sites for hydroxylation is 1. The first-order valence-electron chi connectivity index (χ1n) is 5.96. The molecule has 0 saturated heterocycles. The van der Waals surface area contributed by atoms with Crippen LogP contribution >= 0.6 is 0 Å². The first-order valence-corrected chi connectivity index (χ1v) is 5.96. The van der Waals surface area contributed by atoms with Crippen molar-refractivity contribution in [3.8, 4) is 0 Å². The summed E-state index contributed by atoms with van der Waals surface area (Å²) in [5.41, 5.74) is 1.36. The molecular formula is C12H23N3. The Labute approximate surface area is 93.1 Å². The maximum absolute atomic E-state index is 4.63. The highest BCUT2D eigenvalue weighted by molar-refractivity contribution is 5.47. The van der Waals surface area contributed by atoms with Gasteiger partial charge in [-0.2, -0.15) is 5.10 Å². The maximum atomic E-state index is 4.63. The lowest BCUT2D eigenvalue weighted by Crippen LogP contribution is -2.23. The Kier molecular flexibility index (Phi) is 4.18. The summed E-state index contributed by atoms with van der Waals surface area (Å²) in [6.45, 7) is 13.9. The molecule has 0 aliphatic carbocycles. The zero-order valence-corrected chi connectivity index (χ0v) is 10.6. The van der Waals surface area contributed by atoms with Crippen molar-refractivity contribution >= 4 is 5.82 Å². The van der Waals surface area contributed by atoms with E-state index < -0.39 is 0 Å². The molecule has 86 valence electrons. The van der Waals surface area contributed by atoms with Crippen molar-refractivity contribution in [1.29, 1.82) is 0 Å². The second kappa shape index (κ2) is 5.19. The smallest absolute Gasteiger partial charge is 0.154 e. The normalized spacial score (nSPS) is 11.1. The van der Waals surface area contributed by atoms with Gasteiger partial charge in [0.2, 0.25) is 0 Å². The van der Waals surface area contributed by atoms with Crippen LogP contribution in [0, 0.1) is 0 Å². The van der Waals surface area contributed by atoms with Crippen LogP contribution in [-0.2, 0) is 6.54 Å². The van der Waals surface area contributed by atoms with Crippen LogP contribution in [0.5, 0.6) is 0 Å². The van der Waals surface area contributed by atoms with Crippen molar-refractivity contribution in [3.05, 3.63) is 11.8 Å². The predicted molar refractivity (Wildman–Crippen MR) is 65.6 cm³/mol. The molecule has 0 spiro atoms. The molecule has 0 bridgehead atoms. The first kappa shape index (κ1) is 12.1. The van der Waals surface area contributed by atoms with Gasteiger partial charge < -0.3 is 4.90 Å². The van der Waals surface area contributed by atoms with E-state index in [0.717, 1.165) is 25.5 Å². The topological polar surface area (TPSA) is 21.1 Å². The molecule has 1 heterocycles. The summed E-state index contributed by atoms with van der Waals surface area (Å²) in [7, 11) is 0. The van der Waals surface area contributed by atoms with Gasteiger partial charge in [0.15, 0.2) is 5.82 Å². The standard InChI is InChI=1S/C12H23N3/c1-6-14(7-2)12-11(10(4)5)9-15(8-3)13-12/h9-10H,6-8H2,1-5H3. The number of hydrogen-bond donors (Lipinski definition) is 0. The van der Waals surface area contributed by atoms with Crippen molar-refractivity contribution in [2.75, 3.05) is 18.0 Å². The molecule has 0 aromatic carbocycles. The van der Waals surface area contributed by atoms with Crippen molar-refractivity contribution < 1.29 is 0 Å². The molecule has 1 aromatic heterocycles. The molecule has 3 heteroatoms. The minimum absolute atomic E-state index is 0.542. The zero-order valence-electron chi connectivity index (χ0n) is 10.6. The van der Waals surface area contributed by atoms with Gasteiger partial charge in [0.1, 0.15) is 0 Å². The van der Waals surface area contributed by atoms with Crippen LogP contribution in [0.25, 0.3) is 0 Å². The highest BCUT2D eigenvalue weighted by Gasteiger charge is 2.15. The molecule has 1 aromatic rings. The van der Waals surface area contributed by atoms with Crippen molar-refractivity contribution in [1.82, 2.24) is 9.78 Å². The molecule has 0 radical (unpaired) electrons. The van der Waals surface area contributed by atoms with Gasteiger partial charge in [-0.3, -0.25) is 4.68 Å². The van der Waals surface area contributed by atoms with E-state index in [0.29, 0.717) is 5.92 Å². The summed E-state index contributed by atoms with van der Waals surface area (Å²) in [4.78, 5) is 2.32. The SMILES string of the molecule is CCN(CC)c1nn(CC)cc1C(C)C. The van der Waals surface area contributed by atoms with E-state index in [-0.39, 0.29) is 0 Å². The molecule has 0 atom stereocenters. The minimum atomic E-state index is 0.542.